The van der Waals surface area contributed by atoms with Gasteiger partial charge in [0.2, 0.25) is 15.9 Å². The number of hydrogen-bond acceptors (Lipinski definition) is 4. The van der Waals surface area contributed by atoms with Crippen LogP contribution in [0.4, 0.5) is 0 Å². The number of carbonyl (C=O) groups excluding carboxylic acids is 1. The number of sulfonamides is 1. The second-order valence-corrected chi connectivity index (χ2v) is 7.29. The number of amides is 1. The average molecular weight is 320 g/mol. The number of carboxylic acids is 1. The van der Waals surface area contributed by atoms with E-state index in [-0.39, 0.29) is 37.1 Å². The van der Waals surface area contributed by atoms with Crippen molar-refractivity contribution in [1.82, 2.24) is 9.62 Å². The first-order valence-corrected chi connectivity index (χ1v) is 8.93. The zero-order valence-electron chi connectivity index (χ0n) is 12.4. The predicted molar refractivity (Wildman–Crippen MR) is 78.3 cm³/mol. The van der Waals surface area contributed by atoms with Crippen LogP contribution >= 0.6 is 0 Å². The van der Waals surface area contributed by atoms with Gasteiger partial charge in [0.1, 0.15) is 0 Å². The van der Waals surface area contributed by atoms with Gasteiger partial charge < -0.3 is 10.0 Å². The molecule has 0 aromatic carbocycles. The molecule has 1 aliphatic heterocycles. The number of rotatable bonds is 8. The van der Waals surface area contributed by atoms with E-state index in [1.165, 1.54) is 6.92 Å². The number of nitrogens with zero attached hydrogens (tertiary/aromatic N) is 1. The number of nitrogens with one attached hydrogen (secondary N) is 1. The molecule has 1 saturated heterocycles. The molecule has 1 heterocycles. The van der Waals surface area contributed by atoms with Gasteiger partial charge in [-0.15, -0.1) is 0 Å². The quantitative estimate of drug-likeness (QED) is 0.636. The molecule has 0 aromatic rings. The third-order valence-corrected chi connectivity index (χ3v) is 5.06. The van der Waals surface area contributed by atoms with E-state index >= 15 is 0 Å². The molecule has 122 valence electrons. The van der Waals surface area contributed by atoms with Crippen LogP contribution in [0, 0.1) is 0 Å². The highest BCUT2D eigenvalue weighted by Crippen LogP contribution is 2.20. The van der Waals surface area contributed by atoms with Crippen LogP contribution in [-0.2, 0) is 19.6 Å². The first-order chi connectivity index (χ1) is 9.82. The third kappa shape index (κ3) is 6.90. The molecule has 1 aliphatic rings. The largest absolute Gasteiger partial charge is 0.481 e. The smallest absolute Gasteiger partial charge is 0.303 e. The fourth-order valence-electron chi connectivity index (χ4n) is 2.55. The van der Waals surface area contributed by atoms with Gasteiger partial charge in [-0.2, -0.15) is 0 Å². The van der Waals surface area contributed by atoms with Crippen LogP contribution in [0.1, 0.15) is 45.4 Å². The molecule has 0 aromatic heterocycles. The Balaban J connectivity index is 2.37. The number of aliphatic carboxylic acids is 1. The topological polar surface area (TPSA) is 104 Å². The number of piperidine rings is 1. The van der Waals surface area contributed by atoms with Gasteiger partial charge >= 0.3 is 5.97 Å². The fourth-order valence-corrected chi connectivity index (χ4v) is 3.73. The van der Waals surface area contributed by atoms with Crippen molar-refractivity contribution in [2.75, 3.05) is 18.8 Å². The van der Waals surface area contributed by atoms with Crippen LogP contribution in [-0.4, -0.2) is 55.2 Å². The Morgan fingerprint density at radius 3 is 2.67 bits per heavy atom. The molecule has 1 unspecified atom stereocenters. The zero-order valence-corrected chi connectivity index (χ0v) is 13.2. The van der Waals surface area contributed by atoms with Crippen LogP contribution in [0.15, 0.2) is 0 Å². The summed E-state index contributed by atoms with van der Waals surface area (Å²) in [6.45, 7) is 2.35. The Morgan fingerprint density at radius 2 is 2.05 bits per heavy atom. The highest BCUT2D eigenvalue weighted by Gasteiger charge is 2.25. The Bertz CT molecular complexity index is 463. The van der Waals surface area contributed by atoms with Gasteiger partial charge in [-0.25, -0.2) is 13.1 Å². The van der Waals surface area contributed by atoms with E-state index in [4.69, 9.17) is 5.11 Å². The molecule has 0 radical (unpaired) electrons. The van der Waals surface area contributed by atoms with E-state index in [1.54, 1.807) is 4.90 Å². The van der Waals surface area contributed by atoms with Gasteiger partial charge in [0.05, 0.1) is 5.75 Å². The van der Waals surface area contributed by atoms with Crippen LogP contribution in [0.5, 0.6) is 0 Å². The minimum absolute atomic E-state index is 0.00755. The highest BCUT2D eigenvalue weighted by molar-refractivity contribution is 7.89. The van der Waals surface area contributed by atoms with Gasteiger partial charge in [-0.3, -0.25) is 9.59 Å². The molecule has 1 rings (SSSR count). The Morgan fingerprint density at radius 1 is 1.33 bits per heavy atom. The van der Waals surface area contributed by atoms with E-state index in [9.17, 15) is 18.0 Å². The van der Waals surface area contributed by atoms with Crippen LogP contribution < -0.4 is 4.72 Å². The van der Waals surface area contributed by atoms with Crippen molar-refractivity contribution in [2.24, 2.45) is 0 Å². The summed E-state index contributed by atoms with van der Waals surface area (Å²) in [5.41, 5.74) is 0. The first-order valence-electron chi connectivity index (χ1n) is 7.28. The number of carboxylic acid groups (broad SMARTS) is 1. The zero-order chi connectivity index (χ0) is 15.9. The first kappa shape index (κ1) is 17.9. The summed E-state index contributed by atoms with van der Waals surface area (Å²) < 4.78 is 26.1. The summed E-state index contributed by atoms with van der Waals surface area (Å²) >= 11 is 0. The van der Waals surface area contributed by atoms with Gasteiger partial charge in [-0.1, -0.05) is 0 Å². The summed E-state index contributed by atoms with van der Waals surface area (Å²) in [7, 11) is -3.41. The molecular weight excluding hydrogens is 296 g/mol. The molecule has 1 fully saturated rings. The van der Waals surface area contributed by atoms with E-state index in [1.807, 2.05) is 0 Å². The normalized spacial score (nSPS) is 19.5. The maximum absolute atomic E-state index is 11.8. The molecule has 0 aliphatic carbocycles. The standard InChI is InChI=1S/C13H24N2O5S/c1-11(16)15-9-3-2-5-12(15)7-10-21(19,20)14-8-4-6-13(17)18/h12,14H,2-10H2,1H3,(H,17,18). The molecule has 1 atom stereocenters. The molecule has 7 nitrogen and oxygen atoms in total. The molecule has 1 amide bonds. The number of carbonyl (C=O) groups is 2. The SMILES string of the molecule is CC(=O)N1CCCCC1CCS(=O)(=O)NCCCC(=O)O. The van der Waals surface area contributed by atoms with Gasteiger partial charge in [-0.05, 0) is 32.1 Å². The summed E-state index contributed by atoms with van der Waals surface area (Å²) in [5, 5.41) is 8.48. The molecule has 0 bridgehead atoms. The second kappa shape index (κ2) is 8.33. The van der Waals surface area contributed by atoms with Crippen molar-refractivity contribution in [3.8, 4) is 0 Å². The van der Waals surface area contributed by atoms with Gasteiger partial charge in [0.15, 0.2) is 0 Å². The maximum Gasteiger partial charge on any atom is 0.303 e. The monoisotopic (exact) mass is 320 g/mol. The second-order valence-electron chi connectivity index (χ2n) is 5.36. The molecule has 0 saturated carbocycles. The molecular formula is C13H24N2O5S. The molecule has 0 spiro atoms. The van der Waals surface area contributed by atoms with Crippen LogP contribution in [0.3, 0.4) is 0 Å². The average Bonchev–Trinajstić information content (AvgIpc) is 2.41. The summed E-state index contributed by atoms with van der Waals surface area (Å²) in [6, 6.07) is -0.00755. The van der Waals surface area contributed by atoms with Crippen LogP contribution in [0.25, 0.3) is 0 Å². The lowest BCUT2D eigenvalue weighted by atomic mass is 10.00. The number of hydrogen-bond donors (Lipinski definition) is 2. The van der Waals surface area contributed by atoms with E-state index < -0.39 is 16.0 Å². The summed E-state index contributed by atoms with van der Waals surface area (Å²) in [6.07, 6.45) is 3.47. The van der Waals surface area contributed by atoms with Crippen molar-refractivity contribution >= 4 is 21.9 Å². The summed E-state index contributed by atoms with van der Waals surface area (Å²) in [5.74, 6) is -0.978. The van der Waals surface area contributed by atoms with E-state index in [2.05, 4.69) is 4.72 Å². The third-order valence-electron chi connectivity index (χ3n) is 3.64. The maximum atomic E-state index is 11.8. The molecule has 8 heteroatoms. The predicted octanol–water partition coefficient (Wildman–Crippen LogP) is 0.562. The van der Waals surface area contributed by atoms with Crippen molar-refractivity contribution in [2.45, 2.75) is 51.5 Å². The van der Waals surface area contributed by atoms with E-state index in [0.717, 1.165) is 19.3 Å². The van der Waals surface area contributed by atoms with Crippen molar-refractivity contribution in [3.05, 3.63) is 0 Å². The van der Waals surface area contributed by atoms with Crippen molar-refractivity contribution < 1.29 is 23.1 Å². The molecule has 21 heavy (non-hydrogen) atoms. The fraction of sp³-hybridized carbons (Fsp3) is 0.846. The van der Waals surface area contributed by atoms with Gasteiger partial charge in [0.25, 0.3) is 0 Å². The van der Waals surface area contributed by atoms with Crippen LogP contribution in [0.2, 0.25) is 0 Å². The van der Waals surface area contributed by atoms with Crippen molar-refractivity contribution in [3.63, 3.8) is 0 Å². The summed E-state index contributed by atoms with van der Waals surface area (Å²) in [4.78, 5) is 23.6. The van der Waals surface area contributed by atoms with E-state index in [0.29, 0.717) is 13.0 Å². The number of likely N-dealkylation sites (tertiary alicyclic amines) is 1. The van der Waals surface area contributed by atoms with Crippen molar-refractivity contribution in [1.29, 1.82) is 0 Å². The Hall–Kier alpha value is -1.15. The Labute approximate surface area is 125 Å². The lowest BCUT2D eigenvalue weighted by Gasteiger charge is -2.35. The molecule has 2 N–H and O–H groups in total. The van der Waals surface area contributed by atoms with Gasteiger partial charge in [0, 0.05) is 32.5 Å². The minimum Gasteiger partial charge on any atom is -0.481 e. The minimum atomic E-state index is -3.41. The Kier molecular flexibility index (Phi) is 7.10. The lowest BCUT2D eigenvalue weighted by molar-refractivity contribution is -0.137. The highest BCUT2D eigenvalue weighted by atomic mass is 32.2. The lowest BCUT2D eigenvalue weighted by Crippen LogP contribution is -2.44.